The largest absolute Gasteiger partial charge is 0.385 e. The van der Waals surface area contributed by atoms with Gasteiger partial charge in [-0.15, -0.1) is 0 Å². The Morgan fingerprint density at radius 3 is 2.67 bits per heavy atom. The molecule has 2 aliphatic carbocycles. The van der Waals surface area contributed by atoms with Crippen LogP contribution in [0, 0.1) is 11.3 Å². The highest BCUT2D eigenvalue weighted by atomic mass is 16.5. The molecule has 0 heterocycles. The summed E-state index contributed by atoms with van der Waals surface area (Å²) in [6.45, 7) is 4.45. The Morgan fingerprint density at radius 2 is 2.10 bits per heavy atom. The van der Waals surface area contributed by atoms with Crippen molar-refractivity contribution in [3.8, 4) is 0 Å². The lowest BCUT2D eigenvalue weighted by atomic mass is 10.0. The van der Waals surface area contributed by atoms with Crippen LogP contribution >= 0.6 is 0 Å². The molecule has 1 N–H and O–H groups in total. The highest BCUT2D eigenvalue weighted by molar-refractivity contribution is 5.79. The molecule has 21 heavy (non-hydrogen) atoms. The van der Waals surface area contributed by atoms with E-state index in [2.05, 4.69) is 22.3 Å². The number of rotatable bonds is 10. The second-order valence-electron chi connectivity index (χ2n) is 6.58. The van der Waals surface area contributed by atoms with Gasteiger partial charge in [0.1, 0.15) is 0 Å². The number of aliphatic imine (C=N–C) groups is 1. The average molecular weight is 297 g/mol. The molecule has 0 spiro atoms. The average Bonchev–Trinajstić information content (AvgIpc) is 3.38. The molecule has 5 nitrogen and oxygen atoms in total. The molecule has 0 bridgehead atoms. The van der Waals surface area contributed by atoms with Crippen molar-refractivity contribution in [3.63, 3.8) is 0 Å². The van der Waals surface area contributed by atoms with Gasteiger partial charge in [-0.05, 0) is 43.4 Å². The summed E-state index contributed by atoms with van der Waals surface area (Å²) in [5, 5.41) is 3.51. The van der Waals surface area contributed by atoms with Gasteiger partial charge in [0.05, 0.1) is 6.61 Å². The number of nitrogens with one attached hydrogen (secondary N) is 1. The lowest BCUT2D eigenvalue weighted by molar-refractivity contribution is 0.115. The first-order valence-electron chi connectivity index (χ1n) is 8.17. The van der Waals surface area contributed by atoms with Gasteiger partial charge in [0.15, 0.2) is 5.96 Å². The van der Waals surface area contributed by atoms with Crippen molar-refractivity contribution < 1.29 is 9.47 Å². The normalized spacial score (nSPS) is 20.4. The zero-order chi connectivity index (χ0) is 15.1. The molecule has 0 unspecified atom stereocenters. The second kappa shape index (κ2) is 7.99. The zero-order valence-electron chi connectivity index (χ0n) is 13.9. The number of nitrogens with zero attached hydrogens (tertiary/aromatic N) is 2. The summed E-state index contributed by atoms with van der Waals surface area (Å²) in [6, 6.07) is 0. The van der Waals surface area contributed by atoms with Crippen LogP contribution in [0.2, 0.25) is 0 Å². The molecule has 2 aliphatic rings. The standard InChI is InChI=1S/C16H31N3O2/c1-17-15(18-13-16(6-7-16)8-10-20-3)19(2)9-11-21-12-14-4-5-14/h14H,4-13H2,1-3H3,(H,17,18). The van der Waals surface area contributed by atoms with Gasteiger partial charge in [0.25, 0.3) is 0 Å². The Bertz CT molecular complexity index is 338. The highest BCUT2D eigenvalue weighted by Gasteiger charge is 2.42. The van der Waals surface area contributed by atoms with Crippen LogP contribution in [0.15, 0.2) is 4.99 Å². The van der Waals surface area contributed by atoms with Crippen LogP contribution in [-0.2, 0) is 9.47 Å². The van der Waals surface area contributed by atoms with Gasteiger partial charge in [-0.2, -0.15) is 0 Å². The number of methoxy groups -OCH3 is 1. The minimum atomic E-state index is 0.440. The molecule has 0 aromatic heterocycles. The topological polar surface area (TPSA) is 46.1 Å². The Labute approximate surface area is 129 Å². The van der Waals surface area contributed by atoms with Gasteiger partial charge in [-0.1, -0.05) is 0 Å². The van der Waals surface area contributed by atoms with E-state index in [1.54, 1.807) is 7.11 Å². The minimum absolute atomic E-state index is 0.440. The number of hydrogen-bond donors (Lipinski definition) is 1. The van der Waals surface area contributed by atoms with Crippen molar-refractivity contribution in [3.05, 3.63) is 0 Å². The molecule has 0 radical (unpaired) electrons. The molecule has 0 aromatic rings. The van der Waals surface area contributed by atoms with E-state index in [4.69, 9.17) is 9.47 Å². The molecule has 0 atom stereocenters. The van der Waals surface area contributed by atoms with Gasteiger partial charge in [-0.25, -0.2) is 0 Å². The minimum Gasteiger partial charge on any atom is -0.385 e. The van der Waals surface area contributed by atoms with Crippen molar-refractivity contribution in [1.29, 1.82) is 0 Å². The number of likely N-dealkylation sites (N-methyl/N-ethyl adjacent to an activating group) is 1. The van der Waals surface area contributed by atoms with E-state index in [0.29, 0.717) is 5.41 Å². The highest BCUT2D eigenvalue weighted by Crippen LogP contribution is 2.48. The van der Waals surface area contributed by atoms with Crippen molar-refractivity contribution in [2.24, 2.45) is 16.3 Å². The summed E-state index contributed by atoms with van der Waals surface area (Å²) in [7, 11) is 5.70. The van der Waals surface area contributed by atoms with Crippen LogP contribution in [-0.4, -0.2) is 65.0 Å². The molecular weight excluding hydrogens is 266 g/mol. The predicted molar refractivity (Wildman–Crippen MR) is 85.7 cm³/mol. The maximum absolute atomic E-state index is 5.69. The summed E-state index contributed by atoms with van der Waals surface area (Å²) in [4.78, 5) is 6.52. The molecule has 2 saturated carbocycles. The SMILES string of the molecule is CN=C(NCC1(CCOC)CC1)N(C)CCOCC1CC1. The van der Waals surface area contributed by atoms with E-state index in [9.17, 15) is 0 Å². The molecule has 5 heteroatoms. The molecule has 122 valence electrons. The Balaban J connectivity index is 1.61. The predicted octanol–water partition coefficient (Wildman–Crippen LogP) is 1.74. The molecule has 0 amide bonds. The zero-order valence-corrected chi connectivity index (χ0v) is 13.9. The quantitative estimate of drug-likeness (QED) is 0.379. The number of hydrogen-bond acceptors (Lipinski definition) is 3. The van der Waals surface area contributed by atoms with Crippen LogP contribution in [0.25, 0.3) is 0 Å². The van der Waals surface area contributed by atoms with Crippen molar-refractivity contribution in [1.82, 2.24) is 10.2 Å². The first-order chi connectivity index (χ1) is 10.2. The summed E-state index contributed by atoms with van der Waals surface area (Å²) >= 11 is 0. The van der Waals surface area contributed by atoms with Crippen LogP contribution in [0.3, 0.4) is 0 Å². The molecule has 0 aliphatic heterocycles. The maximum atomic E-state index is 5.69. The monoisotopic (exact) mass is 297 g/mol. The third kappa shape index (κ3) is 5.83. The Morgan fingerprint density at radius 1 is 1.33 bits per heavy atom. The molecule has 2 fully saturated rings. The molecule has 2 rings (SSSR count). The Kier molecular flexibility index (Phi) is 6.30. The van der Waals surface area contributed by atoms with Gasteiger partial charge in [-0.3, -0.25) is 4.99 Å². The molecule has 0 aromatic carbocycles. The van der Waals surface area contributed by atoms with Crippen molar-refractivity contribution in [2.75, 3.05) is 54.1 Å². The van der Waals surface area contributed by atoms with Crippen LogP contribution in [0.1, 0.15) is 32.1 Å². The Hall–Kier alpha value is -0.810. The lowest BCUT2D eigenvalue weighted by Crippen LogP contribution is -2.43. The first-order valence-corrected chi connectivity index (χ1v) is 8.17. The van der Waals surface area contributed by atoms with Gasteiger partial charge in [0.2, 0.25) is 0 Å². The van der Waals surface area contributed by atoms with Gasteiger partial charge >= 0.3 is 0 Å². The van der Waals surface area contributed by atoms with Gasteiger partial charge < -0.3 is 19.7 Å². The van der Waals surface area contributed by atoms with Crippen LogP contribution in [0.4, 0.5) is 0 Å². The number of guanidine groups is 1. The van der Waals surface area contributed by atoms with Crippen LogP contribution in [0.5, 0.6) is 0 Å². The van der Waals surface area contributed by atoms with E-state index in [0.717, 1.165) is 51.2 Å². The second-order valence-corrected chi connectivity index (χ2v) is 6.58. The fourth-order valence-electron chi connectivity index (χ4n) is 2.50. The maximum Gasteiger partial charge on any atom is 0.193 e. The smallest absolute Gasteiger partial charge is 0.193 e. The lowest BCUT2D eigenvalue weighted by Gasteiger charge is -2.24. The summed E-state index contributed by atoms with van der Waals surface area (Å²) in [6.07, 6.45) is 6.44. The van der Waals surface area contributed by atoms with E-state index in [-0.39, 0.29) is 0 Å². The third-order valence-electron chi connectivity index (χ3n) is 4.61. The molecule has 0 saturated heterocycles. The molecular formula is C16H31N3O2. The summed E-state index contributed by atoms with van der Waals surface area (Å²) in [5.41, 5.74) is 0.440. The fourth-order valence-corrected chi connectivity index (χ4v) is 2.50. The summed E-state index contributed by atoms with van der Waals surface area (Å²) in [5.74, 6) is 1.80. The first kappa shape index (κ1) is 16.6. The third-order valence-corrected chi connectivity index (χ3v) is 4.61. The van der Waals surface area contributed by atoms with Crippen molar-refractivity contribution in [2.45, 2.75) is 32.1 Å². The van der Waals surface area contributed by atoms with E-state index in [1.165, 1.54) is 25.7 Å². The van der Waals surface area contributed by atoms with Crippen molar-refractivity contribution >= 4 is 5.96 Å². The number of ether oxygens (including phenoxy) is 2. The van der Waals surface area contributed by atoms with Gasteiger partial charge in [0, 0.05) is 47.5 Å². The van der Waals surface area contributed by atoms with E-state index >= 15 is 0 Å². The van der Waals surface area contributed by atoms with Crippen LogP contribution < -0.4 is 5.32 Å². The summed E-state index contributed by atoms with van der Waals surface area (Å²) < 4.78 is 10.9. The van der Waals surface area contributed by atoms with E-state index < -0.39 is 0 Å². The fraction of sp³-hybridized carbons (Fsp3) is 0.938. The van der Waals surface area contributed by atoms with E-state index in [1.807, 2.05) is 7.05 Å².